The fourth-order valence-corrected chi connectivity index (χ4v) is 3.12. The number of aryl methyl sites for hydroxylation is 2. The lowest BCUT2D eigenvalue weighted by atomic mass is 10.1. The topological polar surface area (TPSA) is 22.9 Å². The van der Waals surface area contributed by atoms with E-state index in [1.807, 2.05) is 0 Å². The molecule has 1 unspecified atom stereocenters. The van der Waals surface area contributed by atoms with E-state index in [9.17, 15) is 0 Å². The van der Waals surface area contributed by atoms with Crippen LogP contribution < -0.4 is 9.64 Å². The fraction of sp³-hybridized carbons (Fsp3) is 0.647. The molecule has 1 aromatic carbocycles. The van der Waals surface area contributed by atoms with Crippen LogP contribution in [0.25, 0.3) is 0 Å². The Kier molecular flexibility index (Phi) is 5.44. The van der Waals surface area contributed by atoms with Gasteiger partial charge in [-0.2, -0.15) is 0 Å². The Morgan fingerprint density at radius 2 is 1.75 bits per heavy atom. The smallest absolute Gasteiger partial charge is 0.125 e. The lowest BCUT2D eigenvalue weighted by Crippen LogP contribution is -3.15. The van der Waals surface area contributed by atoms with Gasteiger partial charge in [-0.15, -0.1) is 0 Å². The van der Waals surface area contributed by atoms with Gasteiger partial charge < -0.3 is 14.4 Å². The second-order valence-corrected chi connectivity index (χ2v) is 6.09. The lowest BCUT2D eigenvalue weighted by Gasteiger charge is -2.32. The summed E-state index contributed by atoms with van der Waals surface area (Å²) in [5.74, 6) is 1.06. The average molecular weight is 278 g/mol. The van der Waals surface area contributed by atoms with Crippen molar-refractivity contribution >= 4 is 0 Å². The van der Waals surface area contributed by atoms with Gasteiger partial charge >= 0.3 is 0 Å². The minimum absolute atomic E-state index is 0.383. The van der Waals surface area contributed by atoms with E-state index in [0.29, 0.717) is 12.2 Å². The monoisotopic (exact) mass is 278 g/mol. The van der Waals surface area contributed by atoms with E-state index in [4.69, 9.17) is 9.47 Å². The molecule has 20 heavy (non-hydrogen) atoms. The highest BCUT2D eigenvalue weighted by Gasteiger charge is 2.24. The summed E-state index contributed by atoms with van der Waals surface area (Å²) in [7, 11) is 0. The molecular formula is C17H28NO2+. The minimum atomic E-state index is 0.383. The quantitative estimate of drug-likeness (QED) is 0.830. The van der Waals surface area contributed by atoms with Crippen molar-refractivity contribution in [1.29, 1.82) is 0 Å². The first-order valence-electron chi connectivity index (χ1n) is 7.74. The predicted octanol–water partition coefficient (Wildman–Crippen LogP) is 1.76. The number of nitrogens with one attached hydrogen (secondary N) is 1. The van der Waals surface area contributed by atoms with Gasteiger partial charge in [0, 0.05) is 6.42 Å². The molecule has 0 aliphatic carbocycles. The normalized spacial score (nSPS) is 26.5. The van der Waals surface area contributed by atoms with Gasteiger partial charge in [0.05, 0.1) is 13.2 Å². The molecule has 0 amide bonds. The minimum Gasteiger partial charge on any atom is -0.493 e. The molecule has 3 heteroatoms. The summed E-state index contributed by atoms with van der Waals surface area (Å²) in [4.78, 5) is 1.64. The highest BCUT2D eigenvalue weighted by atomic mass is 16.5. The number of para-hydroxylation sites is 1. The Bertz CT molecular complexity index is 403. The number of hydrogen-bond acceptors (Lipinski definition) is 2. The first kappa shape index (κ1) is 15.3. The van der Waals surface area contributed by atoms with Crippen LogP contribution in [-0.2, 0) is 4.74 Å². The molecule has 1 saturated heterocycles. The van der Waals surface area contributed by atoms with Gasteiger partial charge in [-0.05, 0) is 38.8 Å². The predicted molar refractivity (Wildman–Crippen MR) is 81.6 cm³/mol. The van der Waals surface area contributed by atoms with Crippen molar-refractivity contribution in [3.8, 4) is 5.75 Å². The molecule has 0 radical (unpaired) electrons. The Hall–Kier alpha value is -1.06. The van der Waals surface area contributed by atoms with Gasteiger partial charge in [0.2, 0.25) is 0 Å². The summed E-state index contributed by atoms with van der Waals surface area (Å²) in [5, 5.41) is 0. The van der Waals surface area contributed by atoms with Crippen LogP contribution in [0.15, 0.2) is 18.2 Å². The number of ether oxygens (including phenoxy) is 2. The van der Waals surface area contributed by atoms with Crippen molar-refractivity contribution in [3.63, 3.8) is 0 Å². The van der Waals surface area contributed by atoms with Crippen LogP contribution in [0.5, 0.6) is 5.75 Å². The maximum Gasteiger partial charge on any atom is 0.125 e. The standard InChI is InChI=1S/C17H27NO2/c1-13-7-5-8-14(2)17(13)19-10-6-9-18-11-15(3)20-16(4)12-18/h5,7-8,15-16H,6,9-12H2,1-4H3/p+1/t15-,16+. The summed E-state index contributed by atoms with van der Waals surface area (Å²) in [6.45, 7) is 12.8. The molecule has 1 aromatic rings. The second kappa shape index (κ2) is 7.09. The van der Waals surface area contributed by atoms with Gasteiger partial charge in [-0.3, -0.25) is 0 Å². The van der Waals surface area contributed by atoms with Gasteiger partial charge in [0.25, 0.3) is 0 Å². The molecule has 1 aliphatic heterocycles. The highest BCUT2D eigenvalue weighted by molar-refractivity contribution is 5.39. The molecule has 0 aromatic heterocycles. The molecule has 1 N–H and O–H groups in total. The van der Waals surface area contributed by atoms with Crippen molar-refractivity contribution in [2.24, 2.45) is 0 Å². The van der Waals surface area contributed by atoms with E-state index >= 15 is 0 Å². The Morgan fingerprint density at radius 1 is 1.15 bits per heavy atom. The third-order valence-corrected chi connectivity index (χ3v) is 3.95. The first-order chi connectivity index (χ1) is 9.56. The van der Waals surface area contributed by atoms with Gasteiger partial charge in [-0.25, -0.2) is 0 Å². The number of quaternary nitrogens is 1. The summed E-state index contributed by atoms with van der Waals surface area (Å²) in [6, 6.07) is 6.30. The second-order valence-electron chi connectivity index (χ2n) is 6.09. The van der Waals surface area contributed by atoms with Crippen LogP contribution in [0.1, 0.15) is 31.4 Å². The molecule has 3 atom stereocenters. The van der Waals surface area contributed by atoms with E-state index < -0.39 is 0 Å². The largest absolute Gasteiger partial charge is 0.493 e. The fourth-order valence-electron chi connectivity index (χ4n) is 3.12. The van der Waals surface area contributed by atoms with Crippen LogP contribution in [0.2, 0.25) is 0 Å². The van der Waals surface area contributed by atoms with Gasteiger partial charge in [0.15, 0.2) is 0 Å². The van der Waals surface area contributed by atoms with Crippen LogP contribution in [-0.4, -0.2) is 38.4 Å². The SMILES string of the molecule is Cc1cccc(C)c1OCCC[NH+]1C[C@@H](C)O[C@@H](C)C1. The van der Waals surface area contributed by atoms with Crippen molar-refractivity contribution in [2.45, 2.75) is 46.3 Å². The average Bonchev–Trinajstić information content (AvgIpc) is 2.36. The van der Waals surface area contributed by atoms with Gasteiger partial charge in [0.1, 0.15) is 31.0 Å². The third kappa shape index (κ3) is 4.22. The van der Waals surface area contributed by atoms with E-state index in [0.717, 1.165) is 31.9 Å². The summed E-state index contributed by atoms with van der Waals surface area (Å²) in [5.41, 5.74) is 2.46. The van der Waals surface area contributed by atoms with E-state index in [-0.39, 0.29) is 0 Å². The lowest BCUT2D eigenvalue weighted by molar-refractivity contribution is -0.915. The Balaban J connectivity index is 1.74. The Labute approximate surface area is 122 Å². The van der Waals surface area contributed by atoms with Crippen LogP contribution in [0.3, 0.4) is 0 Å². The number of benzene rings is 1. The number of rotatable bonds is 5. The van der Waals surface area contributed by atoms with Crippen LogP contribution in [0.4, 0.5) is 0 Å². The summed E-state index contributed by atoms with van der Waals surface area (Å²) < 4.78 is 11.7. The van der Waals surface area contributed by atoms with Crippen LogP contribution in [0, 0.1) is 13.8 Å². The van der Waals surface area contributed by atoms with Crippen molar-refractivity contribution in [1.82, 2.24) is 0 Å². The molecule has 0 bridgehead atoms. The van der Waals surface area contributed by atoms with Gasteiger partial charge in [-0.1, -0.05) is 18.2 Å². The summed E-state index contributed by atoms with van der Waals surface area (Å²) >= 11 is 0. The van der Waals surface area contributed by atoms with Crippen molar-refractivity contribution in [2.75, 3.05) is 26.2 Å². The van der Waals surface area contributed by atoms with E-state index in [1.165, 1.54) is 17.7 Å². The Morgan fingerprint density at radius 3 is 2.35 bits per heavy atom. The van der Waals surface area contributed by atoms with Crippen molar-refractivity contribution < 1.29 is 14.4 Å². The highest BCUT2D eigenvalue weighted by Crippen LogP contribution is 2.22. The zero-order valence-electron chi connectivity index (χ0n) is 13.2. The third-order valence-electron chi connectivity index (χ3n) is 3.95. The maximum absolute atomic E-state index is 5.97. The number of morpholine rings is 1. The van der Waals surface area contributed by atoms with Crippen molar-refractivity contribution in [3.05, 3.63) is 29.3 Å². The molecule has 2 rings (SSSR count). The summed E-state index contributed by atoms with van der Waals surface area (Å²) in [6.07, 6.45) is 1.87. The van der Waals surface area contributed by atoms with E-state index in [1.54, 1.807) is 4.90 Å². The first-order valence-corrected chi connectivity index (χ1v) is 7.74. The molecule has 1 fully saturated rings. The maximum atomic E-state index is 5.97. The molecule has 112 valence electrons. The zero-order valence-corrected chi connectivity index (χ0v) is 13.2. The molecule has 1 heterocycles. The molecule has 1 aliphatic rings. The molecule has 3 nitrogen and oxygen atoms in total. The zero-order chi connectivity index (χ0) is 14.5. The molecule has 0 spiro atoms. The van der Waals surface area contributed by atoms with Crippen LogP contribution >= 0.6 is 0 Å². The number of hydrogen-bond donors (Lipinski definition) is 1. The molecule has 0 saturated carbocycles. The molecular weight excluding hydrogens is 250 g/mol. The van der Waals surface area contributed by atoms with E-state index in [2.05, 4.69) is 45.9 Å².